The Bertz CT molecular complexity index is 1480. The van der Waals surface area contributed by atoms with Gasteiger partial charge >= 0.3 is 11.9 Å². The molecule has 0 bridgehead atoms. The molecular weight excluding hydrogens is 626 g/mol. The van der Waals surface area contributed by atoms with Gasteiger partial charge in [0.1, 0.15) is 11.5 Å². The van der Waals surface area contributed by atoms with Gasteiger partial charge in [0.25, 0.3) is 5.91 Å². The fourth-order valence-corrected chi connectivity index (χ4v) is 7.75. The van der Waals surface area contributed by atoms with E-state index in [9.17, 15) is 19.2 Å². The Morgan fingerprint density at radius 2 is 1.92 bits per heavy atom. The van der Waals surface area contributed by atoms with Gasteiger partial charge in [-0.25, -0.2) is 4.79 Å². The Morgan fingerprint density at radius 1 is 1.13 bits per heavy atom. The molecule has 1 N–H and O–H groups in total. The third-order valence-electron chi connectivity index (χ3n) is 5.99. The molecular formula is C26H28BrN3O6S3. The van der Waals surface area contributed by atoms with Crippen molar-refractivity contribution in [2.75, 3.05) is 30.5 Å². The topological polar surface area (TPSA) is 116 Å². The zero-order valence-corrected chi connectivity index (χ0v) is 25.6. The summed E-state index contributed by atoms with van der Waals surface area (Å²) in [4.78, 5) is 55.8. The maximum absolute atomic E-state index is 12.7. The highest BCUT2D eigenvalue weighted by atomic mass is 79.9. The molecule has 2 heterocycles. The van der Waals surface area contributed by atoms with Crippen LogP contribution in [0.4, 0.5) is 5.00 Å². The highest BCUT2D eigenvalue weighted by Crippen LogP contribution is 2.38. The van der Waals surface area contributed by atoms with Gasteiger partial charge in [0.05, 0.1) is 41.0 Å². The third kappa shape index (κ3) is 7.38. The molecule has 9 nitrogen and oxygen atoms in total. The van der Waals surface area contributed by atoms with E-state index >= 15 is 0 Å². The van der Waals surface area contributed by atoms with Gasteiger partial charge in [0, 0.05) is 9.35 Å². The number of esters is 2. The summed E-state index contributed by atoms with van der Waals surface area (Å²) < 4.78 is 13.4. The number of amides is 2. The summed E-state index contributed by atoms with van der Waals surface area (Å²) in [5.41, 5.74) is 2.22. The number of benzene rings is 1. The number of hydrogen-bond acceptors (Lipinski definition) is 9. The highest BCUT2D eigenvalue weighted by Gasteiger charge is 2.26. The molecule has 1 aromatic carbocycles. The number of nitrogens with one attached hydrogen (secondary N) is 1. The molecule has 0 radical (unpaired) electrons. The second kappa shape index (κ2) is 13.7. The summed E-state index contributed by atoms with van der Waals surface area (Å²) in [5, 5.41) is 3.39. The van der Waals surface area contributed by atoms with Crippen LogP contribution >= 0.6 is 50.4 Å². The van der Waals surface area contributed by atoms with Crippen molar-refractivity contribution in [3.63, 3.8) is 0 Å². The van der Waals surface area contributed by atoms with Crippen LogP contribution in [0.3, 0.4) is 0 Å². The monoisotopic (exact) mass is 653 g/mol. The van der Waals surface area contributed by atoms with Gasteiger partial charge in [-0.05, 0) is 56.4 Å². The number of halogens is 1. The number of methoxy groups -OCH3 is 1. The van der Waals surface area contributed by atoms with Crippen molar-refractivity contribution in [3.05, 3.63) is 43.5 Å². The molecule has 2 aromatic heterocycles. The lowest BCUT2D eigenvalue weighted by Gasteiger charge is -2.08. The fraction of sp³-hybridized carbons (Fsp3) is 0.423. The van der Waals surface area contributed by atoms with Crippen molar-refractivity contribution in [2.45, 2.75) is 45.6 Å². The van der Waals surface area contributed by atoms with Crippen LogP contribution in [0.25, 0.3) is 10.2 Å². The Hall–Kier alpha value is -2.48. The van der Waals surface area contributed by atoms with Crippen molar-refractivity contribution in [3.8, 4) is 0 Å². The molecule has 13 heteroatoms. The normalized spacial score (nSPS) is 13.6. The molecule has 0 saturated heterocycles. The van der Waals surface area contributed by atoms with Crippen LogP contribution in [0.1, 0.15) is 47.0 Å². The number of hydrogen-bond donors (Lipinski definition) is 1. The molecule has 0 spiro atoms. The van der Waals surface area contributed by atoms with Gasteiger partial charge in [0.15, 0.2) is 4.80 Å². The van der Waals surface area contributed by atoms with E-state index in [1.54, 1.807) is 11.5 Å². The number of anilines is 1. The van der Waals surface area contributed by atoms with E-state index in [0.717, 1.165) is 69.0 Å². The zero-order valence-electron chi connectivity index (χ0n) is 21.5. The number of rotatable bonds is 9. The van der Waals surface area contributed by atoms with E-state index in [1.165, 1.54) is 29.8 Å². The Balaban J connectivity index is 1.43. The standard InChI is InChI=1S/C26H28BrN3O6S3/c1-3-36-25(34)23-16-7-5-4-6-8-18(16)38-24(23)28-20(31)13-37-14-21(32)29-26-30(12-22(33)35-2)17-10-9-15(27)11-19(17)39-26/h9-11H,3-8,12-14H2,1-2H3,(H,28,31). The molecule has 1 aliphatic carbocycles. The maximum Gasteiger partial charge on any atom is 0.341 e. The lowest BCUT2D eigenvalue weighted by molar-refractivity contribution is -0.141. The van der Waals surface area contributed by atoms with E-state index in [-0.39, 0.29) is 30.6 Å². The lowest BCUT2D eigenvalue weighted by atomic mass is 10.1. The minimum atomic E-state index is -0.453. The summed E-state index contributed by atoms with van der Waals surface area (Å²) in [7, 11) is 1.31. The summed E-state index contributed by atoms with van der Waals surface area (Å²) in [6.45, 7) is 1.94. The molecule has 39 heavy (non-hydrogen) atoms. The van der Waals surface area contributed by atoms with Crippen LogP contribution in [0, 0.1) is 0 Å². The average molecular weight is 655 g/mol. The van der Waals surface area contributed by atoms with E-state index in [2.05, 4.69) is 26.2 Å². The number of thiazole rings is 1. The second-order valence-corrected chi connectivity index (χ2v) is 12.7. The lowest BCUT2D eigenvalue weighted by Crippen LogP contribution is -2.23. The SMILES string of the molecule is CCOC(=O)c1c(NC(=O)CSCC(=O)N=c2sc3cc(Br)ccc3n2CC(=O)OC)sc2c1CCCCC2. The number of carbonyl (C=O) groups excluding carboxylic acids is 4. The van der Waals surface area contributed by atoms with E-state index < -0.39 is 17.8 Å². The molecule has 0 aliphatic heterocycles. The van der Waals surface area contributed by atoms with E-state index in [1.807, 2.05) is 18.2 Å². The highest BCUT2D eigenvalue weighted by molar-refractivity contribution is 9.10. The first-order valence-corrected chi connectivity index (χ1v) is 16.0. The van der Waals surface area contributed by atoms with Crippen molar-refractivity contribution in [2.24, 2.45) is 4.99 Å². The van der Waals surface area contributed by atoms with Crippen molar-refractivity contribution in [1.82, 2.24) is 4.57 Å². The van der Waals surface area contributed by atoms with Crippen molar-refractivity contribution < 1.29 is 28.7 Å². The number of nitrogens with zero attached hydrogens (tertiary/aromatic N) is 2. The van der Waals surface area contributed by atoms with Crippen LogP contribution in [0.2, 0.25) is 0 Å². The number of aryl methyl sites for hydroxylation is 1. The quantitative estimate of drug-likeness (QED) is 0.257. The largest absolute Gasteiger partial charge is 0.468 e. The van der Waals surface area contributed by atoms with Crippen LogP contribution in [0.15, 0.2) is 27.7 Å². The van der Waals surface area contributed by atoms with Crippen LogP contribution in [0.5, 0.6) is 0 Å². The number of thioether (sulfide) groups is 1. The summed E-state index contributed by atoms with van der Waals surface area (Å²) in [6.07, 6.45) is 4.86. The summed E-state index contributed by atoms with van der Waals surface area (Å²) in [6, 6.07) is 5.59. The predicted molar refractivity (Wildman–Crippen MR) is 158 cm³/mol. The molecule has 0 saturated carbocycles. The third-order valence-corrected chi connectivity index (χ3v) is 9.65. The molecule has 1 aliphatic rings. The summed E-state index contributed by atoms with van der Waals surface area (Å²) >= 11 is 7.30. The number of ether oxygens (including phenoxy) is 2. The smallest absolute Gasteiger partial charge is 0.341 e. The van der Waals surface area contributed by atoms with Gasteiger partial charge in [-0.1, -0.05) is 33.7 Å². The van der Waals surface area contributed by atoms with Crippen LogP contribution in [-0.2, 0) is 43.2 Å². The molecule has 4 rings (SSSR count). The Kier molecular flexibility index (Phi) is 10.4. The first-order valence-electron chi connectivity index (χ1n) is 12.4. The van der Waals surface area contributed by atoms with Gasteiger partial charge < -0.3 is 19.4 Å². The van der Waals surface area contributed by atoms with Crippen molar-refractivity contribution >= 4 is 89.3 Å². The van der Waals surface area contributed by atoms with Gasteiger partial charge in [-0.2, -0.15) is 4.99 Å². The molecule has 0 fully saturated rings. The summed E-state index contributed by atoms with van der Waals surface area (Å²) in [5.74, 6) is -1.59. The molecule has 0 unspecified atom stereocenters. The van der Waals surface area contributed by atoms with Crippen LogP contribution < -0.4 is 10.1 Å². The fourth-order valence-electron chi connectivity index (χ4n) is 4.26. The molecule has 208 valence electrons. The number of thiophene rings is 1. The average Bonchev–Trinajstić information content (AvgIpc) is 3.30. The van der Waals surface area contributed by atoms with Gasteiger partial charge in [-0.15, -0.1) is 23.1 Å². The minimum Gasteiger partial charge on any atom is -0.468 e. The first kappa shape index (κ1) is 29.5. The maximum atomic E-state index is 12.7. The number of carbonyl (C=O) groups is 4. The number of fused-ring (bicyclic) bond motifs is 2. The van der Waals surface area contributed by atoms with Crippen LogP contribution in [-0.4, -0.2) is 53.5 Å². The Morgan fingerprint density at radius 3 is 2.69 bits per heavy atom. The molecule has 2 amide bonds. The van der Waals surface area contributed by atoms with Gasteiger partial charge in [0.2, 0.25) is 5.91 Å². The van der Waals surface area contributed by atoms with Crippen molar-refractivity contribution in [1.29, 1.82) is 0 Å². The van der Waals surface area contributed by atoms with E-state index in [0.29, 0.717) is 15.4 Å². The molecule has 0 atom stereocenters. The zero-order chi connectivity index (χ0) is 27.9. The Labute approximate surface area is 246 Å². The predicted octanol–water partition coefficient (Wildman–Crippen LogP) is 4.94. The number of aromatic nitrogens is 1. The minimum absolute atomic E-state index is 0.0186. The van der Waals surface area contributed by atoms with Gasteiger partial charge in [-0.3, -0.25) is 14.4 Å². The molecule has 3 aromatic rings. The van der Waals surface area contributed by atoms with E-state index in [4.69, 9.17) is 9.47 Å². The first-order chi connectivity index (χ1) is 18.8. The second-order valence-electron chi connectivity index (χ2n) is 8.69.